The SMILES string of the molecule is CC(C)(C)C(=O)NCCCC(=O)N[C@@H](CC(N)=O)C(=O)O. The molecule has 21 heavy (non-hydrogen) atoms. The third-order valence-electron chi connectivity index (χ3n) is 2.59. The molecule has 0 fully saturated rings. The average molecular weight is 301 g/mol. The van der Waals surface area contributed by atoms with Crippen LogP contribution < -0.4 is 16.4 Å². The number of carbonyl (C=O) groups excluding carboxylic acids is 3. The maximum Gasteiger partial charge on any atom is 0.326 e. The molecule has 0 bridgehead atoms. The van der Waals surface area contributed by atoms with E-state index in [0.29, 0.717) is 13.0 Å². The van der Waals surface area contributed by atoms with Crippen LogP contribution in [-0.2, 0) is 19.2 Å². The highest BCUT2D eigenvalue weighted by Crippen LogP contribution is 2.12. The number of hydrogen-bond acceptors (Lipinski definition) is 4. The first-order chi connectivity index (χ1) is 9.54. The molecule has 0 rings (SSSR count). The van der Waals surface area contributed by atoms with Gasteiger partial charge in [0.05, 0.1) is 6.42 Å². The number of carboxylic acid groups (broad SMARTS) is 1. The van der Waals surface area contributed by atoms with Crippen molar-refractivity contribution >= 4 is 23.7 Å². The Balaban J connectivity index is 4.07. The van der Waals surface area contributed by atoms with E-state index >= 15 is 0 Å². The number of rotatable bonds is 8. The molecule has 0 spiro atoms. The van der Waals surface area contributed by atoms with Crippen molar-refractivity contribution < 1.29 is 24.3 Å². The minimum atomic E-state index is -1.32. The van der Waals surface area contributed by atoms with E-state index in [2.05, 4.69) is 10.6 Å². The van der Waals surface area contributed by atoms with Crippen molar-refractivity contribution in [3.8, 4) is 0 Å². The summed E-state index contributed by atoms with van der Waals surface area (Å²) in [7, 11) is 0. The van der Waals surface area contributed by atoms with Crippen molar-refractivity contribution in [1.29, 1.82) is 0 Å². The lowest BCUT2D eigenvalue weighted by molar-refractivity contribution is -0.143. The Morgan fingerprint density at radius 2 is 1.76 bits per heavy atom. The van der Waals surface area contributed by atoms with E-state index in [0.717, 1.165) is 0 Å². The fraction of sp³-hybridized carbons (Fsp3) is 0.692. The van der Waals surface area contributed by atoms with Crippen LogP contribution in [-0.4, -0.2) is 41.4 Å². The molecule has 8 heteroatoms. The molecular formula is C13H23N3O5. The van der Waals surface area contributed by atoms with Crippen LogP contribution in [0.4, 0.5) is 0 Å². The average Bonchev–Trinajstić information content (AvgIpc) is 2.31. The number of primary amides is 1. The Morgan fingerprint density at radius 3 is 2.19 bits per heavy atom. The molecule has 0 aliphatic rings. The van der Waals surface area contributed by atoms with Crippen LogP contribution in [0.3, 0.4) is 0 Å². The van der Waals surface area contributed by atoms with Gasteiger partial charge in [-0.1, -0.05) is 20.8 Å². The van der Waals surface area contributed by atoms with Crippen molar-refractivity contribution in [3.05, 3.63) is 0 Å². The molecule has 0 aliphatic heterocycles. The van der Waals surface area contributed by atoms with Crippen LogP contribution in [0.15, 0.2) is 0 Å². The molecule has 0 heterocycles. The van der Waals surface area contributed by atoms with E-state index in [-0.39, 0.29) is 12.3 Å². The van der Waals surface area contributed by atoms with E-state index in [4.69, 9.17) is 10.8 Å². The first kappa shape index (κ1) is 18.9. The zero-order chi connectivity index (χ0) is 16.6. The number of hydrogen-bond donors (Lipinski definition) is 4. The molecule has 0 aromatic heterocycles. The molecule has 8 nitrogen and oxygen atoms in total. The number of carbonyl (C=O) groups is 4. The predicted molar refractivity (Wildman–Crippen MR) is 75.1 cm³/mol. The van der Waals surface area contributed by atoms with Gasteiger partial charge in [-0.3, -0.25) is 14.4 Å². The zero-order valence-corrected chi connectivity index (χ0v) is 12.6. The van der Waals surface area contributed by atoms with Crippen molar-refractivity contribution in [2.75, 3.05) is 6.54 Å². The molecule has 0 saturated heterocycles. The summed E-state index contributed by atoms with van der Waals surface area (Å²) in [4.78, 5) is 44.6. The highest BCUT2D eigenvalue weighted by atomic mass is 16.4. The summed E-state index contributed by atoms with van der Waals surface area (Å²) in [6.07, 6.45) is -0.0363. The number of nitrogens with two attached hydrogens (primary N) is 1. The number of aliphatic carboxylic acids is 1. The van der Waals surface area contributed by atoms with Gasteiger partial charge in [0, 0.05) is 18.4 Å². The summed E-state index contributed by atoms with van der Waals surface area (Å²) in [5.41, 5.74) is 4.40. The number of carboxylic acids is 1. The maximum absolute atomic E-state index is 11.6. The summed E-state index contributed by atoms with van der Waals surface area (Å²) in [6.45, 7) is 5.64. The fourth-order valence-corrected chi connectivity index (χ4v) is 1.38. The Hall–Kier alpha value is -2.12. The van der Waals surface area contributed by atoms with Gasteiger partial charge in [0.25, 0.3) is 0 Å². The first-order valence-corrected chi connectivity index (χ1v) is 6.63. The van der Waals surface area contributed by atoms with Gasteiger partial charge in [-0.05, 0) is 6.42 Å². The Morgan fingerprint density at radius 1 is 1.19 bits per heavy atom. The van der Waals surface area contributed by atoms with Gasteiger partial charge in [-0.2, -0.15) is 0 Å². The van der Waals surface area contributed by atoms with E-state index in [1.165, 1.54) is 0 Å². The van der Waals surface area contributed by atoms with Crippen molar-refractivity contribution in [2.24, 2.45) is 11.1 Å². The van der Waals surface area contributed by atoms with E-state index < -0.39 is 35.7 Å². The van der Waals surface area contributed by atoms with Gasteiger partial charge in [0.15, 0.2) is 0 Å². The molecule has 0 aliphatic carbocycles. The minimum absolute atomic E-state index is 0.0486. The molecule has 120 valence electrons. The van der Waals surface area contributed by atoms with E-state index in [9.17, 15) is 19.2 Å². The lowest BCUT2D eigenvalue weighted by Crippen LogP contribution is -2.43. The largest absolute Gasteiger partial charge is 0.480 e. The standard InChI is InChI=1S/C13H23N3O5/c1-13(2,3)12(21)15-6-4-5-10(18)16-8(11(19)20)7-9(14)17/h8H,4-7H2,1-3H3,(H2,14,17)(H,15,21)(H,16,18)(H,19,20)/t8-/m0/s1. The summed E-state index contributed by atoms with van der Waals surface area (Å²) in [5.74, 6) is -2.75. The smallest absolute Gasteiger partial charge is 0.326 e. The van der Waals surface area contributed by atoms with Crippen molar-refractivity contribution in [3.63, 3.8) is 0 Å². The Labute approximate surface area is 123 Å². The second-order valence-corrected chi connectivity index (χ2v) is 5.74. The van der Waals surface area contributed by atoms with Crippen LogP contribution in [0.5, 0.6) is 0 Å². The second-order valence-electron chi connectivity index (χ2n) is 5.74. The number of amides is 3. The summed E-state index contributed by atoms with van der Waals surface area (Å²) >= 11 is 0. The lowest BCUT2D eigenvalue weighted by Gasteiger charge is -2.17. The fourth-order valence-electron chi connectivity index (χ4n) is 1.38. The summed E-state index contributed by atoms with van der Waals surface area (Å²) < 4.78 is 0. The zero-order valence-electron chi connectivity index (χ0n) is 12.6. The highest BCUT2D eigenvalue weighted by Gasteiger charge is 2.22. The Kier molecular flexibility index (Phi) is 7.40. The molecule has 5 N–H and O–H groups in total. The topological polar surface area (TPSA) is 139 Å². The Bertz CT molecular complexity index is 415. The monoisotopic (exact) mass is 301 g/mol. The van der Waals surface area contributed by atoms with Gasteiger partial charge >= 0.3 is 5.97 Å². The predicted octanol–water partition coefficient (Wildman–Crippen LogP) is -0.626. The molecule has 0 aromatic carbocycles. The van der Waals surface area contributed by atoms with Gasteiger partial charge < -0.3 is 21.5 Å². The molecular weight excluding hydrogens is 278 g/mol. The maximum atomic E-state index is 11.6. The first-order valence-electron chi connectivity index (χ1n) is 6.63. The molecule has 0 radical (unpaired) electrons. The van der Waals surface area contributed by atoms with Crippen LogP contribution in [0.1, 0.15) is 40.0 Å². The third-order valence-corrected chi connectivity index (χ3v) is 2.59. The third kappa shape index (κ3) is 8.61. The van der Waals surface area contributed by atoms with Crippen LogP contribution in [0.25, 0.3) is 0 Å². The highest BCUT2D eigenvalue weighted by molar-refractivity contribution is 5.88. The van der Waals surface area contributed by atoms with Crippen LogP contribution in [0, 0.1) is 5.41 Å². The molecule has 0 unspecified atom stereocenters. The molecule has 0 saturated carbocycles. The van der Waals surface area contributed by atoms with Gasteiger partial charge in [-0.15, -0.1) is 0 Å². The second kappa shape index (κ2) is 8.23. The summed E-state index contributed by atoms with van der Waals surface area (Å²) in [5, 5.41) is 13.7. The van der Waals surface area contributed by atoms with E-state index in [1.54, 1.807) is 20.8 Å². The molecule has 3 amide bonds. The number of nitrogens with one attached hydrogen (secondary N) is 2. The van der Waals surface area contributed by atoms with Crippen LogP contribution >= 0.6 is 0 Å². The lowest BCUT2D eigenvalue weighted by atomic mass is 9.96. The van der Waals surface area contributed by atoms with Crippen molar-refractivity contribution in [1.82, 2.24) is 10.6 Å². The van der Waals surface area contributed by atoms with Gasteiger partial charge in [0.2, 0.25) is 17.7 Å². The molecule has 0 aromatic rings. The molecule has 1 atom stereocenters. The quantitative estimate of drug-likeness (QED) is 0.442. The van der Waals surface area contributed by atoms with Gasteiger partial charge in [-0.25, -0.2) is 4.79 Å². The normalized spacial score (nSPS) is 12.3. The van der Waals surface area contributed by atoms with E-state index in [1.807, 2.05) is 0 Å². The van der Waals surface area contributed by atoms with Crippen LogP contribution in [0.2, 0.25) is 0 Å². The van der Waals surface area contributed by atoms with Crippen molar-refractivity contribution in [2.45, 2.75) is 46.1 Å². The van der Waals surface area contributed by atoms with Gasteiger partial charge in [0.1, 0.15) is 6.04 Å². The minimum Gasteiger partial charge on any atom is -0.480 e. The summed E-state index contributed by atoms with van der Waals surface area (Å²) in [6, 6.07) is -1.32.